The smallest absolute Gasteiger partial charge is 0.407 e. The molecule has 8 heteroatoms. The van der Waals surface area contributed by atoms with E-state index < -0.39 is 6.09 Å². The molecule has 22 heavy (non-hydrogen) atoms. The van der Waals surface area contributed by atoms with Crippen molar-refractivity contribution >= 4 is 23.5 Å². The van der Waals surface area contributed by atoms with E-state index in [0.29, 0.717) is 19.7 Å². The average Bonchev–Trinajstić information content (AvgIpc) is 2.80. The number of aryl methyl sites for hydroxylation is 2. The Hall–Kier alpha value is -1.83. The molecule has 124 valence electrons. The fraction of sp³-hybridized carbons (Fsp3) is 0.643. The molecule has 1 atom stereocenters. The second kappa shape index (κ2) is 8.57. The zero-order valence-electron chi connectivity index (χ0n) is 13.7. The Morgan fingerprint density at radius 3 is 2.50 bits per heavy atom. The summed E-state index contributed by atoms with van der Waals surface area (Å²) in [6, 6.07) is -0.243. The van der Waals surface area contributed by atoms with Gasteiger partial charge in [-0.05, 0) is 27.7 Å². The van der Waals surface area contributed by atoms with Gasteiger partial charge in [-0.15, -0.1) is 11.3 Å². The summed E-state index contributed by atoms with van der Waals surface area (Å²) in [7, 11) is 1.74. The van der Waals surface area contributed by atoms with Crippen molar-refractivity contribution in [3.63, 3.8) is 0 Å². The monoisotopic (exact) mass is 328 g/mol. The van der Waals surface area contributed by atoms with Gasteiger partial charge in [-0.3, -0.25) is 0 Å². The first-order valence-electron chi connectivity index (χ1n) is 7.22. The quantitative estimate of drug-likeness (QED) is 0.784. The number of nitrogens with one attached hydrogen (secondary N) is 2. The largest absolute Gasteiger partial charge is 0.450 e. The summed E-state index contributed by atoms with van der Waals surface area (Å²) < 4.78 is 4.73. The first kappa shape index (κ1) is 18.2. The number of ether oxygens (including phenoxy) is 1. The molecule has 0 aliphatic heterocycles. The number of rotatable bonds is 6. The lowest BCUT2D eigenvalue weighted by Gasteiger charge is -2.24. The number of hydrogen-bond donors (Lipinski definition) is 2. The van der Waals surface area contributed by atoms with E-state index >= 15 is 0 Å². The summed E-state index contributed by atoms with van der Waals surface area (Å²) in [4.78, 5) is 30.3. The lowest BCUT2D eigenvalue weighted by atomic mass is 10.2. The van der Waals surface area contributed by atoms with E-state index in [1.54, 1.807) is 30.2 Å². The molecule has 0 saturated carbocycles. The van der Waals surface area contributed by atoms with Crippen LogP contribution in [0.1, 0.15) is 35.5 Å². The SMILES string of the molecule is CCOC(=O)NCCNC(=O)N(C)[C@@H](C)c1sc(C)nc1C. The molecule has 0 aromatic carbocycles. The van der Waals surface area contributed by atoms with Gasteiger partial charge < -0.3 is 20.3 Å². The number of carbonyl (C=O) groups is 2. The molecule has 0 aliphatic carbocycles. The maximum Gasteiger partial charge on any atom is 0.407 e. The predicted octanol–water partition coefficient (Wildman–Crippen LogP) is 2.21. The molecule has 1 aromatic rings. The van der Waals surface area contributed by atoms with Gasteiger partial charge in [0, 0.05) is 25.0 Å². The fourth-order valence-corrected chi connectivity index (χ4v) is 2.95. The molecule has 0 unspecified atom stereocenters. The molecular weight excluding hydrogens is 304 g/mol. The fourth-order valence-electron chi connectivity index (χ4n) is 1.93. The highest BCUT2D eigenvalue weighted by Crippen LogP contribution is 2.27. The minimum atomic E-state index is -0.478. The maximum absolute atomic E-state index is 12.1. The minimum absolute atomic E-state index is 0.0517. The van der Waals surface area contributed by atoms with Crippen LogP contribution in [0.25, 0.3) is 0 Å². The highest BCUT2D eigenvalue weighted by molar-refractivity contribution is 7.11. The molecule has 0 radical (unpaired) electrons. The van der Waals surface area contributed by atoms with Crippen molar-refractivity contribution in [3.8, 4) is 0 Å². The highest BCUT2D eigenvalue weighted by Gasteiger charge is 2.21. The van der Waals surface area contributed by atoms with Crippen LogP contribution in [-0.2, 0) is 4.74 Å². The summed E-state index contributed by atoms with van der Waals surface area (Å²) >= 11 is 1.60. The summed E-state index contributed by atoms with van der Waals surface area (Å²) in [5.41, 5.74) is 0.957. The molecule has 1 heterocycles. The van der Waals surface area contributed by atoms with Gasteiger partial charge in [0.05, 0.1) is 23.4 Å². The number of urea groups is 1. The van der Waals surface area contributed by atoms with E-state index in [2.05, 4.69) is 15.6 Å². The Balaban J connectivity index is 2.41. The van der Waals surface area contributed by atoms with Gasteiger partial charge in [0.2, 0.25) is 0 Å². The number of nitrogens with zero attached hydrogens (tertiary/aromatic N) is 2. The van der Waals surface area contributed by atoms with Crippen molar-refractivity contribution in [1.82, 2.24) is 20.5 Å². The van der Waals surface area contributed by atoms with Crippen LogP contribution in [0.15, 0.2) is 0 Å². The van der Waals surface area contributed by atoms with Crippen molar-refractivity contribution in [2.75, 3.05) is 26.7 Å². The average molecular weight is 328 g/mol. The van der Waals surface area contributed by atoms with E-state index in [1.165, 1.54) is 0 Å². The number of aromatic nitrogens is 1. The lowest BCUT2D eigenvalue weighted by Crippen LogP contribution is -2.42. The van der Waals surface area contributed by atoms with Crippen LogP contribution >= 0.6 is 11.3 Å². The molecule has 0 spiro atoms. The molecule has 0 saturated heterocycles. The van der Waals surface area contributed by atoms with Crippen molar-refractivity contribution in [3.05, 3.63) is 15.6 Å². The van der Waals surface area contributed by atoms with Crippen LogP contribution in [0.5, 0.6) is 0 Å². The summed E-state index contributed by atoms with van der Waals surface area (Å²) in [6.07, 6.45) is -0.478. The minimum Gasteiger partial charge on any atom is -0.450 e. The molecule has 0 bridgehead atoms. The van der Waals surface area contributed by atoms with Crippen molar-refractivity contribution in [2.45, 2.75) is 33.7 Å². The van der Waals surface area contributed by atoms with E-state index in [9.17, 15) is 9.59 Å². The Kier molecular flexibility index (Phi) is 7.10. The first-order valence-corrected chi connectivity index (χ1v) is 8.03. The van der Waals surface area contributed by atoms with Gasteiger partial charge >= 0.3 is 12.1 Å². The van der Waals surface area contributed by atoms with Crippen LogP contribution in [-0.4, -0.2) is 48.8 Å². The summed E-state index contributed by atoms with van der Waals surface area (Å²) in [5, 5.41) is 6.30. The van der Waals surface area contributed by atoms with Gasteiger partial charge in [0.15, 0.2) is 0 Å². The van der Waals surface area contributed by atoms with E-state index in [-0.39, 0.29) is 12.1 Å². The van der Waals surface area contributed by atoms with Crippen LogP contribution < -0.4 is 10.6 Å². The van der Waals surface area contributed by atoms with Crippen LogP contribution in [0, 0.1) is 13.8 Å². The van der Waals surface area contributed by atoms with E-state index in [0.717, 1.165) is 15.6 Å². The summed E-state index contributed by atoms with van der Waals surface area (Å²) in [5.74, 6) is 0. The zero-order chi connectivity index (χ0) is 16.7. The Bertz CT molecular complexity index is 518. The number of alkyl carbamates (subject to hydrolysis) is 1. The van der Waals surface area contributed by atoms with Crippen molar-refractivity contribution < 1.29 is 14.3 Å². The number of hydrogen-bond acceptors (Lipinski definition) is 5. The van der Waals surface area contributed by atoms with Crippen molar-refractivity contribution in [1.29, 1.82) is 0 Å². The van der Waals surface area contributed by atoms with Gasteiger partial charge in [-0.2, -0.15) is 0 Å². The summed E-state index contributed by atoms with van der Waals surface area (Å²) in [6.45, 7) is 8.60. The van der Waals surface area contributed by atoms with Gasteiger partial charge in [-0.25, -0.2) is 14.6 Å². The first-order chi connectivity index (χ1) is 10.4. The van der Waals surface area contributed by atoms with Crippen LogP contribution in [0.3, 0.4) is 0 Å². The number of amides is 3. The van der Waals surface area contributed by atoms with Crippen LogP contribution in [0.2, 0.25) is 0 Å². The van der Waals surface area contributed by atoms with Gasteiger partial charge in [0.1, 0.15) is 0 Å². The number of thiazole rings is 1. The van der Waals surface area contributed by atoms with E-state index in [4.69, 9.17) is 4.74 Å². The highest BCUT2D eigenvalue weighted by atomic mass is 32.1. The number of carbonyl (C=O) groups excluding carboxylic acids is 2. The van der Waals surface area contributed by atoms with Crippen LogP contribution in [0.4, 0.5) is 9.59 Å². The van der Waals surface area contributed by atoms with Gasteiger partial charge in [-0.1, -0.05) is 0 Å². The predicted molar refractivity (Wildman–Crippen MR) is 86.2 cm³/mol. The molecule has 0 aliphatic rings. The third kappa shape index (κ3) is 5.18. The normalized spacial score (nSPS) is 11.7. The van der Waals surface area contributed by atoms with Gasteiger partial charge in [0.25, 0.3) is 0 Å². The Labute approximate surface area is 135 Å². The molecule has 0 fully saturated rings. The lowest BCUT2D eigenvalue weighted by molar-refractivity contribution is 0.152. The zero-order valence-corrected chi connectivity index (χ0v) is 14.5. The van der Waals surface area contributed by atoms with E-state index in [1.807, 2.05) is 20.8 Å². The second-order valence-electron chi connectivity index (χ2n) is 4.85. The molecule has 2 N–H and O–H groups in total. The molecule has 1 aromatic heterocycles. The third-order valence-electron chi connectivity index (χ3n) is 3.17. The molecule has 7 nitrogen and oxygen atoms in total. The maximum atomic E-state index is 12.1. The second-order valence-corrected chi connectivity index (χ2v) is 6.08. The standard InChI is InChI=1S/C14H24N4O3S/c1-6-21-14(20)16-8-7-15-13(19)18(5)10(3)12-9(2)17-11(4)22-12/h10H,6-8H2,1-5H3,(H,15,19)(H,16,20)/t10-/m0/s1. The molecule has 1 rings (SSSR count). The Morgan fingerprint density at radius 2 is 1.95 bits per heavy atom. The molecule has 3 amide bonds. The third-order valence-corrected chi connectivity index (χ3v) is 4.41. The topological polar surface area (TPSA) is 83.6 Å². The molecular formula is C14H24N4O3S. The van der Waals surface area contributed by atoms with Crippen molar-refractivity contribution in [2.24, 2.45) is 0 Å². The Morgan fingerprint density at radius 1 is 1.32 bits per heavy atom.